The van der Waals surface area contributed by atoms with Gasteiger partial charge in [-0.3, -0.25) is 10.0 Å². The Bertz CT molecular complexity index is 714. The van der Waals surface area contributed by atoms with Crippen molar-refractivity contribution >= 4 is 5.91 Å². The van der Waals surface area contributed by atoms with E-state index in [0.29, 0.717) is 16.7 Å². The first kappa shape index (κ1) is 13.8. The summed E-state index contributed by atoms with van der Waals surface area (Å²) >= 11 is 0. The molecule has 0 aromatic heterocycles. The number of carbonyl (C=O) groups excluding carboxylic acids is 1. The maximum atomic E-state index is 13.1. The number of amides is 1. The Morgan fingerprint density at radius 1 is 1.20 bits per heavy atom. The normalized spacial score (nSPS) is 9.55. The molecule has 0 saturated carbocycles. The molecule has 1 amide bonds. The number of hydroxylamine groups is 1. The van der Waals surface area contributed by atoms with Gasteiger partial charge < -0.3 is 0 Å². The predicted octanol–water partition coefficient (Wildman–Crippen LogP) is 2.65. The van der Waals surface area contributed by atoms with E-state index >= 15 is 0 Å². The third-order valence-electron chi connectivity index (χ3n) is 2.77. The molecule has 0 aliphatic carbocycles. The topological polar surface area (TPSA) is 49.3 Å². The molecule has 0 atom stereocenters. The van der Waals surface area contributed by atoms with Crippen molar-refractivity contribution in [3.05, 3.63) is 70.5 Å². The minimum absolute atomic E-state index is 0.279. The molecular formula is C16H12FNO2. The highest BCUT2D eigenvalue weighted by atomic mass is 19.1. The molecule has 4 heteroatoms. The minimum Gasteiger partial charge on any atom is -0.288 e. The molecule has 0 saturated heterocycles. The number of benzene rings is 2. The summed E-state index contributed by atoms with van der Waals surface area (Å²) in [5, 5.41) is 8.68. The quantitative estimate of drug-likeness (QED) is 0.475. The molecule has 0 bridgehead atoms. The van der Waals surface area contributed by atoms with Crippen LogP contribution in [-0.4, -0.2) is 11.1 Å². The van der Waals surface area contributed by atoms with Crippen molar-refractivity contribution in [1.29, 1.82) is 0 Å². The van der Waals surface area contributed by atoms with Crippen LogP contribution in [-0.2, 0) is 0 Å². The van der Waals surface area contributed by atoms with Gasteiger partial charge in [-0.15, -0.1) is 0 Å². The van der Waals surface area contributed by atoms with Crippen molar-refractivity contribution in [2.24, 2.45) is 0 Å². The molecule has 0 aliphatic rings. The van der Waals surface area contributed by atoms with Gasteiger partial charge in [-0.05, 0) is 42.8 Å². The molecule has 2 N–H and O–H groups in total. The summed E-state index contributed by atoms with van der Waals surface area (Å²) < 4.78 is 13.1. The number of hydrogen-bond donors (Lipinski definition) is 2. The number of rotatable bonds is 1. The molecule has 100 valence electrons. The van der Waals surface area contributed by atoms with Crippen molar-refractivity contribution in [1.82, 2.24) is 5.48 Å². The first-order chi connectivity index (χ1) is 9.61. The summed E-state index contributed by atoms with van der Waals surface area (Å²) in [6, 6.07) is 11.2. The number of hydrogen-bond acceptors (Lipinski definition) is 2. The van der Waals surface area contributed by atoms with E-state index in [1.165, 1.54) is 6.07 Å². The van der Waals surface area contributed by atoms with E-state index in [0.717, 1.165) is 0 Å². The Kier molecular flexibility index (Phi) is 4.14. The van der Waals surface area contributed by atoms with E-state index < -0.39 is 5.91 Å². The molecule has 2 aromatic rings. The van der Waals surface area contributed by atoms with E-state index in [9.17, 15) is 9.18 Å². The van der Waals surface area contributed by atoms with E-state index in [4.69, 9.17) is 5.21 Å². The maximum absolute atomic E-state index is 13.1. The summed E-state index contributed by atoms with van der Waals surface area (Å²) in [7, 11) is 0. The zero-order valence-corrected chi connectivity index (χ0v) is 10.8. The number of nitrogens with one attached hydrogen (secondary N) is 1. The van der Waals surface area contributed by atoms with Crippen LogP contribution in [0.4, 0.5) is 4.39 Å². The summed E-state index contributed by atoms with van der Waals surface area (Å²) in [5.74, 6) is 4.82. The zero-order valence-electron chi connectivity index (χ0n) is 10.8. The second-order valence-electron chi connectivity index (χ2n) is 4.20. The van der Waals surface area contributed by atoms with Crippen molar-refractivity contribution < 1.29 is 14.4 Å². The predicted molar refractivity (Wildman–Crippen MR) is 72.8 cm³/mol. The van der Waals surface area contributed by atoms with Gasteiger partial charge in [0.1, 0.15) is 5.82 Å². The van der Waals surface area contributed by atoms with Gasteiger partial charge in [0.2, 0.25) is 0 Å². The van der Waals surface area contributed by atoms with Crippen LogP contribution in [0.2, 0.25) is 0 Å². The van der Waals surface area contributed by atoms with Gasteiger partial charge in [0.15, 0.2) is 0 Å². The Hall–Kier alpha value is -2.64. The molecule has 0 heterocycles. The molecule has 2 rings (SSSR count). The van der Waals surface area contributed by atoms with Crippen LogP contribution in [0.5, 0.6) is 0 Å². The lowest BCUT2D eigenvalue weighted by Crippen LogP contribution is -2.19. The molecule has 0 aliphatic heterocycles. The Morgan fingerprint density at radius 2 is 1.95 bits per heavy atom. The van der Waals surface area contributed by atoms with Gasteiger partial charge in [0.05, 0.1) is 5.56 Å². The highest BCUT2D eigenvalue weighted by molar-refractivity contribution is 5.95. The molecule has 3 nitrogen and oxygen atoms in total. The van der Waals surface area contributed by atoms with Crippen molar-refractivity contribution in [3.63, 3.8) is 0 Å². The lowest BCUT2D eigenvalue weighted by Gasteiger charge is -2.01. The van der Waals surface area contributed by atoms with Crippen LogP contribution in [0.15, 0.2) is 42.5 Å². The van der Waals surface area contributed by atoms with Gasteiger partial charge in [0.25, 0.3) is 5.91 Å². The first-order valence-corrected chi connectivity index (χ1v) is 5.93. The molecule has 0 spiro atoms. The van der Waals surface area contributed by atoms with E-state index in [2.05, 4.69) is 11.8 Å². The second-order valence-corrected chi connectivity index (χ2v) is 4.20. The summed E-state index contributed by atoms with van der Waals surface area (Å²) in [6.45, 7) is 1.66. The SMILES string of the molecule is Cc1cc(C#Cc2ccccc2C(=O)NO)ccc1F. The third-order valence-corrected chi connectivity index (χ3v) is 2.77. The summed E-state index contributed by atoms with van der Waals surface area (Å²) in [4.78, 5) is 11.5. The van der Waals surface area contributed by atoms with Crippen LogP contribution < -0.4 is 5.48 Å². The van der Waals surface area contributed by atoms with Crippen LogP contribution in [0.1, 0.15) is 27.0 Å². The standard InChI is InChI=1S/C16H12FNO2/c1-11-10-12(7-9-15(11)17)6-8-13-4-2-3-5-14(13)16(19)18-20/h2-5,7,9-10,20H,1H3,(H,18,19). The summed E-state index contributed by atoms with van der Waals surface area (Å²) in [5.41, 5.74) is 3.51. The van der Waals surface area contributed by atoms with Crippen LogP contribution >= 0.6 is 0 Å². The van der Waals surface area contributed by atoms with Crippen molar-refractivity contribution in [3.8, 4) is 11.8 Å². The number of carbonyl (C=O) groups is 1. The maximum Gasteiger partial charge on any atom is 0.275 e. The Balaban J connectivity index is 2.38. The lowest BCUT2D eigenvalue weighted by molar-refractivity contribution is 0.0706. The number of halogens is 1. The van der Waals surface area contributed by atoms with Gasteiger partial charge in [0, 0.05) is 11.1 Å². The second kappa shape index (κ2) is 6.00. The molecule has 0 fully saturated rings. The molecule has 0 unspecified atom stereocenters. The molecule has 2 aromatic carbocycles. The fraction of sp³-hybridized carbons (Fsp3) is 0.0625. The van der Waals surface area contributed by atoms with Gasteiger partial charge in [-0.25, -0.2) is 9.87 Å². The van der Waals surface area contributed by atoms with E-state index in [1.807, 2.05) is 0 Å². The fourth-order valence-electron chi connectivity index (χ4n) is 1.71. The monoisotopic (exact) mass is 269 g/mol. The van der Waals surface area contributed by atoms with E-state index in [1.54, 1.807) is 48.8 Å². The first-order valence-electron chi connectivity index (χ1n) is 5.93. The van der Waals surface area contributed by atoms with Gasteiger partial charge in [-0.2, -0.15) is 0 Å². The average Bonchev–Trinajstić information content (AvgIpc) is 2.48. The van der Waals surface area contributed by atoms with Crippen LogP contribution in [0, 0.1) is 24.6 Å². The largest absolute Gasteiger partial charge is 0.288 e. The summed E-state index contributed by atoms with van der Waals surface area (Å²) in [6.07, 6.45) is 0. The number of aryl methyl sites for hydroxylation is 1. The van der Waals surface area contributed by atoms with Crippen LogP contribution in [0.25, 0.3) is 0 Å². The smallest absolute Gasteiger partial charge is 0.275 e. The molecule has 20 heavy (non-hydrogen) atoms. The van der Waals surface area contributed by atoms with Crippen molar-refractivity contribution in [2.75, 3.05) is 0 Å². The van der Waals surface area contributed by atoms with Crippen LogP contribution in [0.3, 0.4) is 0 Å². The highest BCUT2D eigenvalue weighted by Gasteiger charge is 2.07. The van der Waals surface area contributed by atoms with E-state index in [-0.39, 0.29) is 11.4 Å². The molecule has 0 radical (unpaired) electrons. The van der Waals surface area contributed by atoms with Crippen molar-refractivity contribution in [2.45, 2.75) is 6.92 Å². The van der Waals surface area contributed by atoms with Gasteiger partial charge in [-0.1, -0.05) is 24.0 Å². The van der Waals surface area contributed by atoms with Gasteiger partial charge >= 0.3 is 0 Å². The molecular weight excluding hydrogens is 257 g/mol. The highest BCUT2D eigenvalue weighted by Crippen LogP contribution is 2.10. The minimum atomic E-state index is -0.620. The fourth-order valence-corrected chi connectivity index (χ4v) is 1.71. The Morgan fingerprint density at radius 3 is 2.65 bits per heavy atom. The lowest BCUT2D eigenvalue weighted by atomic mass is 10.1. The third kappa shape index (κ3) is 3.02. The average molecular weight is 269 g/mol. The Labute approximate surface area is 116 Å². The zero-order chi connectivity index (χ0) is 14.5.